The second kappa shape index (κ2) is 10.3. The molecule has 1 aromatic carbocycles. The van der Waals surface area contributed by atoms with Gasteiger partial charge in [-0.15, -0.1) is 0 Å². The molecule has 0 saturated carbocycles. The number of aliphatic carboxylic acids is 1. The fourth-order valence-corrected chi connectivity index (χ4v) is 2.27. The van der Waals surface area contributed by atoms with E-state index in [-0.39, 0.29) is 0 Å². The quantitative estimate of drug-likeness (QED) is 0.571. The first-order valence-electron chi connectivity index (χ1n) is 8.68. The molecule has 4 nitrogen and oxygen atoms in total. The molecule has 0 spiro atoms. The van der Waals surface area contributed by atoms with E-state index >= 15 is 0 Å². The molecule has 0 heterocycles. The van der Waals surface area contributed by atoms with Gasteiger partial charge in [0.1, 0.15) is 5.75 Å². The van der Waals surface area contributed by atoms with Crippen molar-refractivity contribution >= 4 is 5.97 Å². The Morgan fingerprint density at radius 1 is 1.09 bits per heavy atom. The molecule has 23 heavy (non-hydrogen) atoms. The Balaban J connectivity index is 2.23. The van der Waals surface area contributed by atoms with Crippen molar-refractivity contribution in [3.8, 4) is 5.75 Å². The summed E-state index contributed by atoms with van der Waals surface area (Å²) < 4.78 is 5.49. The largest absolute Gasteiger partial charge is 0.478 e. The third-order valence-corrected chi connectivity index (χ3v) is 3.86. The first-order valence-corrected chi connectivity index (χ1v) is 8.68. The van der Waals surface area contributed by atoms with Gasteiger partial charge in [-0.25, -0.2) is 4.79 Å². The van der Waals surface area contributed by atoms with Gasteiger partial charge in [0.2, 0.25) is 0 Å². The maximum atomic E-state index is 11.0. The smallest absolute Gasteiger partial charge is 0.347 e. The Labute approximate surface area is 140 Å². The van der Waals surface area contributed by atoms with Gasteiger partial charge in [0, 0.05) is 0 Å². The Morgan fingerprint density at radius 3 is 2.35 bits per heavy atom. The predicted octanol–water partition coefficient (Wildman–Crippen LogP) is 4.03. The van der Waals surface area contributed by atoms with Crippen molar-refractivity contribution in [3.05, 3.63) is 29.8 Å². The van der Waals surface area contributed by atoms with Gasteiger partial charge < -0.3 is 15.2 Å². The van der Waals surface area contributed by atoms with Gasteiger partial charge in [-0.05, 0) is 57.5 Å². The molecule has 0 atom stereocenters. The van der Waals surface area contributed by atoms with Crippen molar-refractivity contribution in [2.45, 2.75) is 64.9 Å². The molecule has 130 valence electrons. The second-order valence-electron chi connectivity index (χ2n) is 6.48. The zero-order valence-corrected chi connectivity index (χ0v) is 14.7. The number of ether oxygens (including phenoxy) is 1. The lowest BCUT2D eigenvalue weighted by molar-refractivity contribution is -0.152. The van der Waals surface area contributed by atoms with Crippen LogP contribution in [0.3, 0.4) is 0 Å². The molecule has 1 aromatic rings. The number of benzene rings is 1. The van der Waals surface area contributed by atoms with Crippen LogP contribution in [0.15, 0.2) is 24.3 Å². The van der Waals surface area contributed by atoms with E-state index in [1.54, 1.807) is 13.8 Å². The number of carboxylic acids is 1. The number of hydrogen-bond donors (Lipinski definition) is 2. The highest BCUT2D eigenvalue weighted by Crippen LogP contribution is 2.19. The van der Waals surface area contributed by atoms with Crippen LogP contribution in [0.5, 0.6) is 5.75 Å². The molecule has 0 fully saturated rings. The van der Waals surface area contributed by atoms with E-state index in [0.29, 0.717) is 5.75 Å². The summed E-state index contributed by atoms with van der Waals surface area (Å²) in [6.07, 6.45) is 7.50. The topological polar surface area (TPSA) is 58.6 Å². The zero-order chi connectivity index (χ0) is 17.1. The highest BCUT2D eigenvalue weighted by molar-refractivity contribution is 5.76. The number of nitrogens with one attached hydrogen (secondary N) is 1. The molecular formula is C19H31NO3. The average Bonchev–Trinajstić information content (AvgIpc) is 2.51. The number of carboxylic acid groups (broad SMARTS) is 1. The lowest BCUT2D eigenvalue weighted by Gasteiger charge is -2.21. The van der Waals surface area contributed by atoms with Crippen molar-refractivity contribution in [2.24, 2.45) is 0 Å². The van der Waals surface area contributed by atoms with Crippen LogP contribution in [0.4, 0.5) is 0 Å². The summed E-state index contributed by atoms with van der Waals surface area (Å²) in [4.78, 5) is 11.0. The molecule has 0 unspecified atom stereocenters. The average molecular weight is 321 g/mol. The number of hydrogen-bond acceptors (Lipinski definition) is 3. The monoisotopic (exact) mass is 321 g/mol. The van der Waals surface area contributed by atoms with Crippen molar-refractivity contribution in [1.82, 2.24) is 5.32 Å². The highest BCUT2D eigenvalue weighted by Gasteiger charge is 2.29. The molecule has 0 saturated heterocycles. The minimum atomic E-state index is -1.21. The molecule has 0 aromatic heterocycles. The minimum absolute atomic E-state index is 0.588. The van der Waals surface area contributed by atoms with Crippen molar-refractivity contribution in [2.75, 3.05) is 13.1 Å². The first kappa shape index (κ1) is 19.5. The van der Waals surface area contributed by atoms with E-state index in [2.05, 4.69) is 12.2 Å². The van der Waals surface area contributed by atoms with E-state index < -0.39 is 11.6 Å². The standard InChI is InChI=1S/C19H31NO3/c1-4-5-6-7-8-14-20-15-13-16-9-11-17(12-10-16)23-19(2,3)18(21)22/h9-12,20H,4-8,13-15H2,1-3H3,(H,21,22). The van der Waals surface area contributed by atoms with Crippen molar-refractivity contribution in [1.29, 1.82) is 0 Å². The maximum Gasteiger partial charge on any atom is 0.347 e. The number of unbranched alkanes of at least 4 members (excludes halogenated alkanes) is 4. The van der Waals surface area contributed by atoms with Crippen LogP contribution >= 0.6 is 0 Å². The highest BCUT2D eigenvalue weighted by atomic mass is 16.5. The Bertz CT molecular complexity index is 454. The molecule has 0 aliphatic heterocycles. The third-order valence-electron chi connectivity index (χ3n) is 3.86. The SMILES string of the molecule is CCCCCCCNCCc1ccc(OC(C)(C)C(=O)O)cc1. The fourth-order valence-electron chi connectivity index (χ4n) is 2.27. The molecule has 4 heteroatoms. The molecule has 0 aliphatic carbocycles. The summed E-state index contributed by atoms with van der Waals surface area (Å²) in [5.74, 6) is -0.380. The van der Waals surface area contributed by atoms with Crippen LogP contribution in [-0.2, 0) is 11.2 Å². The van der Waals surface area contributed by atoms with Gasteiger partial charge in [0.25, 0.3) is 0 Å². The molecule has 0 aliphatic rings. The van der Waals surface area contributed by atoms with E-state index in [4.69, 9.17) is 9.84 Å². The van der Waals surface area contributed by atoms with Gasteiger partial charge in [0.05, 0.1) is 0 Å². The molecule has 0 bridgehead atoms. The van der Waals surface area contributed by atoms with Gasteiger partial charge in [0.15, 0.2) is 5.60 Å². The van der Waals surface area contributed by atoms with Crippen LogP contribution < -0.4 is 10.1 Å². The second-order valence-corrected chi connectivity index (χ2v) is 6.48. The molecule has 2 N–H and O–H groups in total. The lowest BCUT2D eigenvalue weighted by atomic mass is 10.1. The zero-order valence-electron chi connectivity index (χ0n) is 14.7. The molecule has 0 radical (unpaired) electrons. The van der Waals surface area contributed by atoms with Crippen LogP contribution in [0.1, 0.15) is 58.4 Å². The molecule has 0 amide bonds. The summed E-state index contributed by atoms with van der Waals surface area (Å²) in [5.41, 5.74) is 0.0184. The van der Waals surface area contributed by atoms with E-state index in [1.807, 2.05) is 24.3 Å². The summed E-state index contributed by atoms with van der Waals surface area (Å²) in [6, 6.07) is 7.67. The molecular weight excluding hydrogens is 290 g/mol. The first-order chi connectivity index (χ1) is 11.0. The van der Waals surface area contributed by atoms with Crippen molar-refractivity contribution < 1.29 is 14.6 Å². The van der Waals surface area contributed by atoms with Gasteiger partial charge in [-0.3, -0.25) is 0 Å². The van der Waals surface area contributed by atoms with Gasteiger partial charge >= 0.3 is 5.97 Å². The Kier molecular flexibility index (Phi) is 8.70. The normalized spacial score (nSPS) is 11.4. The summed E-state index contributed by atoms with van der Waals surface area (Å²) in [6.45, 7) is 7.38. The number of rotatable bonds is 12. The Hall–Kier alpha value is -1.55. The maximum absolute atomic E-state index is 11.0. The van der Waals surface area contributed by atoms with Crippen LogP contribution in [0.2, 0.25) is 0 Å². The third kappa shape index (κ3) is 8.03. The van der Waals surface area contributed by atoms with Crippen LogP contribution in [0, 0.1) is 0 Å². The van der Waals surface area contributed by atoms with Crippen LogP contribution in [0.25, 0.3) is 0 Å². The molecule has 1 rings (SSSR count). The van der Waals surface area contributed by atoms with E-state index in [9.17, 15) is 4.79 Å². The predicted molar refractivity (Wildman–Crippen MR) is 94.1 cm³/mol. The van der Waals surface area contributed by atoms with Crippen molar-refractivity contribution in [3.63, 3.8) is 0 Å². The Morgan fingerprint density at radius 2 is 1.74 bits per heavy atom. The minimum Gasteiger partial charge on any atom is -0.478 e. The van der Waals surface area contributed by atoms with Gasteiger partial charge in [-0.1, -0.05) is 44.7 Å². The fraction of sp³-hybridized carbons (Fsp3) is 0.632. The summed E-state index contributed by atoms with van der Waals surface area (Å²) in [7, 11) is 0. The lowest BCUT2D eigenvalue weighted by Crippen LogP contribution is -2.37. The summed E-state index contributed by atoms with van der Waals surface area (Å²) >= 11 is 0. The van der Waals surface area contributed by atoms with E-state index in [0.717, 1.165) is 19.5 Å². The van der Waals surface area contributed by atoms with E-state index in [1.165, 1.54) is 37.7 Å². The van der Waals surface area contributed by atoms with Crippen LogP contribution in [-0.4, -0.2) is 29.8 Å². The number of carbonyl (C=O) groups is 1. The summed E-state index contributed by atoms with van der Waals surface area (Å²) in [5, 5.41) is 12.5. The van der Waals surface area contributed by atoms with Gasteiger partial charge in [-0.2, -0.15) is 0 Å².